The maximum absolute atomic E-state index is 3.66. The van der Waals surface area contributed by atoms with Gasteiger partial charge in [0.2, 0.25) is 0 Å². The van der Waals surface area contributed by atoms with Gasteiger partial charge in [-0.2, -0.15) is 0 Å². The lowest BCUT2D eigenvalue weighted by atomic mass is 10.0. The molecule has 0 amide bonds. The van der Waals surface area contributed by atoms with Crippen LogP contribution >= 0.6 is 0 Å². The average Bonchev–Trinajstić information content (AvgIpc) is 1.91. The minimum absolute atomic E-state index is 0.969. The van der Waals surface area contributed by atoms with E-state index in [1.54, 1.807) is 0 Å². The third kappa shape index (κ3) is 1.88. The fourth-order valence-electron chi connectivity index (χ4n) is 0.896. The fraction of sp³-hybridized carbons (Fsp3) is 0.333. The van der Waals surface area contributed by atoms with Crippen LogP contribution in [0, 0.1) is 6.08 Å². The molecular formula is C9H11. The van der Waals surface area contributed by atoms with E-state index in [0.717, 1.165) is 19.3 Å². The Hall–Kier alpha value is -0.780. The van der Waals surface area contributed by atoms with Gasteiger partial charge in [-0.15, -0.1) is 6.58 Å². The lowest BCUT2D eigenvalue weighted by Crippen LogP contribution is -1.82. The summed E-state index contributed by atoms with van der Waals surface area (Å²) in [5.41, 5.74) is 1.29. The van der Waals surface area contributed by atoms with Gasteiger partial charge in [-0.25, -0.2) is 0 Å². The summed E-state index contributed by atoms with van der Waals surface area (Å²) in [6.45, 7) is 3.66. The fourth-order valence-corrected chi connectivity index (χ4v) is 0.896. The van der Waals surface area contributed by atoms with Crippen LogP contribution in [-0.2, 0) is 0 Å². The van der Waals surface area contributed by atoms with Gasteiger partial charge in [0.05, 0.1) is 0 Å². The third-order valence-electron chi connectivity index (χ3n) is 1.35. The zero-order valence-electron chi connectivity index (χ0n) is 5.56. The van der Waals surface area contributed by atoms with Gasteiger partial charge in [0, 0.05) is 0 Å². The molecule has 1 aliphatic carbocycles. The minimum atomic E-state index is 0.969. The Kier molecular flexibility index (Phi) is 2.32. The van der Waals surface area contributed by atoms with Crippen LogP contribution in [-0.4, -0.2) is 0 Å². The second kappa shape index (κ2) is 3.29. The SMILES string of the molecule is C=CCC1=[C]CCC=C1. The number of hydrogen-bond acceptors (Lipinski definition) is 0. The number of allylic oxidation sites excluding steroid dienone is 5. The second-order valence-corrected chi connectivity index (χ2v) is 2.14. The highest BCUT2D eigenvalue weighted by Gasteiger charge is 1.92. The lowest BCUT2D eigenvalue weighted by Gasteiger charge is -2.00. The van der Waals surface area contributed by atoms with Crippen LogP contribution in [0.5, 0.6) is 0 Å². The van der Waals surface area contributed by atoms with E-state index in [4.69, 9.17) is 0 Å². The molecule has 0 saturated heterocycles. The molecule has 1 radical (unpaired) electrons. The van der Waals surface area contributed by atoms with Crippen molar-refractivity contribution in [1.29, 1.82) is 0 Å². The van der Waals surface area contributed by atoms with E-state index in [2.05, 4.69) is 24.8 Å². The van der Waals surface area contributed by atoms with Crippen LogP contribution in [0.15, 0.2) is 30.4 Å². The molecule has 0 unspecified atom stereocenters. The molecule has 0 heterocycles. The van der Waals surface area contributed by atoms with E-state index >= 15 is 0 Å². The molecule has 0 heteroatoms. The summed E-state index contributed by atoms with van der Waals surface area (Å²) in [5.74, 6) is 0. The molecule has 0 nitrogen and oxygen atoms in total. The van der Waals surface area contributed by atoms with Crippen molar-refractivity contribution in [3.8, 4) is 0 Å². The molecule has 0 saturated carbocycles. The third-order valence-corrected chi connectivity index (χ3v) is 1.35. The van der Waals surface area contributed by atoms with Crippen molar-refractivity contribution >= 4 is 0 Å². The summed E-state index contributed by atoms with van der Waals surface area (Å²) in [6.07, 6.45) is 12.7. The molecule has 0 spiro atoms. The molecule has 0 aliphatic heterocycles. The maximum Gasteiger partial charge on any atom is -0.00974 e. The quantitative estimate of drug-likeness (QED) is 0.490. The molecule has 1 rings (SSSR count). The van der Waals surface area contributed by atoms with E-state index in [0.29, 0.717) is 0 Å². The van der Waals surface area contributed by atoms with Crippen LogP contribution in [0.4, 0.5) is 0 Å². The molecular weight excluding hydrogens is 108 g/mol. The van der Waals surface area contributed by atoms with Gasteiger partial charge in [0.1, 0.15) is 0 Å². The summed E-state index contributed by atoms with van der Waals surface area (Å²) in [7, 11) is 0. The van der Waals surface area contributed by atoms with Crippen LogP contribution in [0.1, 0.15) is 19.3 Å². The summed E-state index contributed by atoms with van der Waals surface area (Å²) < 4.78 is 0. The van der Waals surface area contributed by atoms with Gasteiger partial charge in [-0.1, -0.05) is 18.2 Å². The van der Waals surface area contributed by atoms with Gasteiger partial charge in [0.25, 0.3) is 0 Å². The van der Waals surface area contributed by atoms with Crippen molar-refractivity contribution in [2.75, 3.05) is 0 Å². The van der Waals surface area contributed by atoms with E-state index in [-0.39, 0.29) is 0 Å². The van der Waals surface area contributed by atoms with Crippen LogP contribution in [0.2, 0.25) is 0 Å². The normalized spacial score (nSPS) is 17.1. The second-order valence-electron chi connectivity index (χ2n) is 2.14. The predicted octanol–water partition coefficient (Wildman–Crippen LogP) is 2.64. The highest BCUT2D eigenvalue weighted by atomic mass is 14.0. The Labute approximate surface area is 56.6 Å². The van der Waals surface area contributed by atoms with E-state index in [9.17, 15) is 0 Å². The maximum atomic E-state index is 3.66. The molecule has 47 valence electrons. The number of rotatable bonds is 2. The van der Waals surface area contributed by atoms with Crippen molar-refractivity contribution in [2.45, 2.75) is 19.3 Å². The first kappa shape index (κ1) is 6.34. The summed E-state index contributed by atoms with van der Waals surface area (Å²) in [5, 5.41) is 0. The van der Waals surface area contributed by atoms with Crippen LogP contribution in [0.3, 0.4) is 0 Å². The van der Waals surface area contributed by atoms with Gasteiger partial charge < -0.3 is 0 Å². The Balaban J connectivity index is 2.47. The molecule has 0 aromatic heterocycles. The first-order valence-corrected chi connectivity index (χ1v) is 3.30. The topological polar surface area (TPSA) is 0 Å². The van der Waals surface area contributed by atoms with Crippen LogP contribution in [0.25, 0.3) is 0 Å². The summed E-state index contributed by atoms with van der Waals surface area (Å²) in [6, 6.07) is 0. The van der Waals surface area contributed by atoms with E-state index in [1.165, 1.54) is 5.57 Å². The van der Waals surface area contributed by atoms with Crippen molar-refractivity contribution in [2.24, 2.45) is 0 Å². The zero-order valence-corrected chi connectivity index (χ0v) is 5.56. The van der Waals surface area contributed by atoms with E-state index < -0.39 is 0 Å². The molecule has 0 atom stereocenters. The van der Waals surface area contributed by atoms with Crippen molar-refractivity contribution < 1.29 is 0 Å². The average molecular weight is 119 g/mol. The van der Waals surface area contributed by atoms with Crippen LogP contribution < -0.4 is 0 Å². The Bertz CT molecular complexity index is 149. The first-order chi connectivity index (χ1) is 4.43. The zero-order chi connectivity index (χ0) is 6.53. The van der Waals surface area contributed by atoms with E-state index in [1.807, 2.05) is 6.08 Å². The van der Waals surface area contributed by atoms with Gasteiger partial charge in [0.15, 0.2) is 0 Å². The first-order valence-electron chi connectivity index (χ1n) is 3.30. The smallest absolute Gasteiger partial charge is 0.00974 e. The molecule has 0 bridgehead atoms. The van der Waals surface area contributed by atoms with Crippen molar-refractivity contribution in [1.82, 2.24) is 0 Å². The molecule has 9 heavy (non-hydrogen) atoms. The van der Waals surface area contributed by atoms with Gasteiger partial charge in [-0.05, 0) is 30.9 Å². The standard InChI is InChI=1S/C9H11/c1-2-6-9-7-4-3-5-8-9/h2,4,7H,1,3,5-6H2. The van der Waals surface area contributed by atoms with Gasteiger partial charge >= 0.3 is 0 Å². The largest absolute Gasteiger partial charge is 0.103 e. The van der Waals surface area contributed by atoms with Crippen molar-refractivity contribution in [3.05, 3.63) is 36.5 Å². The lowest BCUT2D eigenvalue weighted by molar-refractivity contribution is 0.975. The predicted molar refractivity (Wildman–Crippen MR) is 39.9 cm³/mol. The summed E-state index contributed by atoms with van der Waals surface area (Å²) >= 11 is 0. The summed E-state index contributed by atoms with van der Waals surface area (Å²) in [4.78, 5) is 0. The number of hydrogen-bond donors (Lipinski definition) is 0. The Morgan fingerprint density at radius 3 is 3.22 bits per heavy atom. The van der Waals surface area contributed by atoms with Crippen molar-refractivity contribution in [3.63, 3.8) is 0 Å². The minimum Gasteiger partial charge on any atom is -0.103 e. The Morgan fingerprint density at radius 2 is 2.67 bits per heavy atom. The molecule has 1 aliphatic rings. The molecule has 0 aromatic rings. The molecule has 0 fully saturated rings. The monoisotopic (exact) mass is 119 g/mol. The van der Waals surface area contributed by atoms with Gasteiger partial charge in [-0.3, -0.25) is 0 Å². The Morgan fingerprint density at radius 1 is 1.78 bits per heavy atom. The highest BCUT2D eigenvalue weighted by Crippen LogP contribution is 2.11. The molecule has 0 aromatic carbocycles. The highest BCUT2D eigenvalue weighted by molar-refractivity contribution is 5.20. The molecule has 0 N–H and O–H groups in total.